The maximum absolute atomic E-state index is 12.2. The molecule has 0 saturated carbocycles. The summed E-state index contributed by atoms with van der Waals surface area (Å²) < 4.78 is 29.9. The van der Waals surface area contributed by atoms with Crippen LogP contribution in [0.2, 0.25) is 0 Å². The molecular weight excluding hydrogens is 282 g/mol. The van der Waals surface area contributed by atoms with Gasteiger partial charge in [0.25, 0.3) is 0 Å². The Labute approximate surface area is 117 Å². The molecule has 1 aromatic rings. The second kappa shape index (κ2) is 6.98. The molecular formula is C12H15N3O4S. The van der Waals surface area contributed by atoms with Gasteiger partial charge in [-0.25, -0.2) is 17.7 Å². The number of hydrogen-bond acceptors (Lipinski definition) is 6. The summed E-state index contributed by atoms with van der Waals surface area (Å²) >= 11 is 0. The van der Waals surface area contributed by atoms with Crippen LogP contribution in [-0.2, 0) is 19.6 Å². The average Bonchev–Trinajstić information content (AvgIpc) is 2.46. The molecule has 0 aliphatic rings. The van der Waals surface area contributed by atoms with Gasteiger partial charge < -0.3 is 4.74 Å². The van der Waals surface area contributed by atoms with Crippen molar-refractivity contribution in [3.05, 3.63) is 24.0 Å². The van der Waals surface area contributed by atoms with Crippen molar-refractivity contribution in [3.63, 3.8) is 0 Å². The van der Waals surface area contributed by atoms with E-state index in [9.17, 15) is 13.2 Å². The number of hydrogen-bond donors (Lipinski definition) is 0. The number of ether oxygens (including phenoxy) is 1. The molecule has 1 aromatic heterocycles. The lowest BCUT2D eigenvalue weighted by molar-refractivity contribution is -0.140. The Morgan fingerprint density at radius 1 is 1.50 bits per heavy atom. The zero-order valence-electron chi connectivity index (χ0n) is 11.2. The lowest BCUT2D eigenvalue weighted by atomic mass is 10.3. The van der Waals surface area contributed by atoms with Crippen molar-refractivity contribution in [2.75, 3.05) is 20.7 Å². The Hall–Kier alpha value is -1.98. The van der Waals surface area contributed by atoms with Gasteiger partial charge in [-0.1, -0.05) is 0 Å². The number of pyridine rings is 1. The van der Waals surface area contributed by atoms with Gasteiger partial charge in [-0.05, 0) is 18.6 Å². The molecule has 0 fully saturated rings. The van der Waals surface area contributed by atoms with Crippen LogP contribution in [0.3, 0.4) is 0 Å². The van der Waals surface area contributed by atoms with Gasteiger partial charge in [0, 0.05) is 26.2 Å². The first-order valence-electron chi connectivity index (χ1n) is 5.81. The molecule has 0 amide bonds. The summed E-state index contributed by atoms with van der Waals surface area (Å²) in [4.78, 5) is 14.7. The van der Waals surface area contributed by atoms with E-state index in [1.165, 1.54) is 26.3 Å². The largest absolute Gasteiger partial charge is 0.469 e. The minimum absolute atomic E-state index is 0.0112. The number of esters is 1. The van der Waals surface area contributed by atoms with Crippen LogP contribution in [0.25, 0.3) is 0 Å². The highest BCUT2D eigenvalue weighted by Gasteiger charge is 2.21. The average molecular weight is 297 g/mol. The first-order chi connectivity index (χ1) is 9.41. The molecule has 0 aromatic carbocycles. The standard InChI is InChI=1S/C12H15N3O4S/c1-15(7-3-4-12(16)19-2)20(17,18)11-6-5-10(8-13)14-9-11/h5-6,9H,3-4,7H2,1-2H3. The number of nitriles is 1. The third-order valence-corrected chi connectivity index (χ3v) is 4.48. The van der Waals surface area contributed by atoms with E-state index in [-0.39, 0.29) is 29.5 Å². The van der Waals surface area contributed by atoms with E-state index < -0.39 is 10.0 Å². The predicted octanol–water partition coefficient (Wildman–Crippen LogP) is 0.527. The van der Waals surface area contributed by atoms with Gasteiger partial charge in [0.15, 0.2) is 0 Å². The molecule has 0 radical (unpaired) electrons. The number of carbonyl (C=O) groups is 1. The second-order valence-electron chi connectivity index (χ2n) is 4.00. The molecule has 108 valence electrons. The summed E-state index contributed by atoms with van der Waals surface area (Å²) in [5.74, 6) is -0.379. The minimum atomic E-state index is -3.66. The fourth-order valence-electron chi connectivity index (χ4n) is 1.45. The van der Waals surface area contributed by atoms with E-state index in [2.05, 4.69) is 9.72 Å². The molecule has 0 bridgehead atoms. The van der Waals surface area contributed by atoms with Crippen molar-refractivity contribution < 1.29 is 17.9 Å². The maximum atomic E-state index is 12.2. The van der Waals surface area contributed by atoms with Crippen LogP contribution >= 0.6 is 0 Å². The summed E-state index contributed by atoms with van der Waals surface area (Å²) in [7, 11) is -0.955. The monoisotopic (exact) mass is 297 g/mol. The highest BCUT2D eigenvalue weighted by Crippen LogP contribution is 2.14. The Balaban J connectivity index is 2.72. The normalized spacial score (nSPS) is 11.1. The van der Waals surface area contributed by atoms with E-state index in [0.29, 0.717) is 6.42 Å². The summed E-state index contributed by atoms with van der Waals surface area (Å²) in [6.45, 7) is 0.192. The van der Waals surface area contributed by atoms with Gasteiger partial charge in [-0.15, -0.1) is 0 Å². The quantitative estimate of drug-likeness (QED) is 0.710. The lowest BCUT2D eigenvalue weighted by Gasteiger charge is -2.16. The molecule has 20 heavy (non-hydrogen) atoms. The summed E-state index contributed by atoms with van der Waals surface area (Å²) in [6.07, 6.45) is 1.67. The molecule has 8 heteroatoms. The molecule has 0 aliphatic heterocycles. The fourth-order valence-corrected chi connectivity index (χ4v) is 2.60. The van der Waals surface area contributed by atoms with Crippen LogP contribution in [0.5, 0.6) is 0 Å². The smallest absolute Gasteiger partial charge is 0.305 e. The van der Waals surface area contributed by atoms with Gasteiger partial charge >= 0.3 is 5.97 Å². The topological polar surface area (TPSA) is 100 Å². The SMILES string of the molecule is COC(=O)CCCN(C)S(=O)(=O)c1ccc(C#N)nc1. The molecule has 0 unspecified atom stereocenters. The Kier molecular flexibility index (Phi) is 5.61. The molecule has 1 heterocycles. The number of methoxy groups -OCH3 is 1. The van der Waals surface area contributed by atoms with Crippen LogP contribution < -0.4 is 0 Å². The van der Waals surface area contributed by atoms with E-state index in [0.717, 1.165) is 10.5 Å². The third kappa shape index (κ3) is 4.01. The predicted molar refractivity (Wildman–Crippen MR) is 70.0 cm³/mol. The maximum Gasteiger partial charge on any atom is 0.305 e. The molecule has 0 aliphatic carbocycles. The van der Waals surface area contributed by atoms with Gasteiger partial charge in [0.1, 0.15) is 16.7 Å². The molecule has 0 atom stereocenters. The van der Waals surface area contributed by atoms with Crippen LogP contribution in [0.4, 0.5) is 0 Å². The van der Waals surface area contributed by atoms with E-state index in [4.69, 9.17) is 5.26 Å². The molecule has 7 nitrogen and oxygen atoms in total. The van der Waals surface area contributed by atoms with Crippen molar-refractivity contribution in [1.82, 2.24) is 9.29 Å². The van der Waals surface area contributed by atoms with E-state index in [1.807, 2.05) is 6.07 Å². The second-order valence-corrected chi connectivity index (χ2v) is 6.04. The van der Waals surface area contributed by atoms with Crippen molar-refractivity contribution in [3.8, 4) is 6.07 Å². The number of rotatable bonds is 6. The number of sulfonamides is 1. The summed E-state index contributed by atoms with van der Waals surface area (Å²) in [6, 6.07) is 4.49. The van der Waals surface area contributed by atoms with Gasteiger partial charge in [-0.3, -0.25) is 4.79 Å². The fraction of sp³-hybridized carbons (Fsp3) is 0.417. The zero-order valence-corrected chi connectivity index (χ0v) is 12.1. The Morgan fingerprint density at radius 3 is 2.70 bits per heavy atom. The highest BCUT2D eigenvalue weighted by molar-refractivity contribution is 7.89. The molecule has 0 saturated heterocycles. The summed E-state index contributed by atoms with van der Waals surface area (Å²) in [5.41, 5.74) is 0.150. The third-order valence-electron chi connectivity index (χ3n) is 2.64. The number of aromatic nitrogens is 1. The summed E-state index contributed by atoms with van der Waals surface area (Å²) in [5, 5.41) is 8.62. The molecule has 0 spiro atoms. The first-order valence-corrected chi connectivity index (χ1v) is 7.25. The van der Waals surface area contributed by atoms with Gasteiger partial charge in [0.05, 0.1) is 7.11 Å². The molecule has 0 N–H and O–H groups in total. The van der Waals surface area contributed by atoms with Crippen LogP contribution in [-0.4, -0.2) is 44.4 Å². The van der Waals surface area contributed by atoms with Crippen molar-refractivity contribution in [2.24, 2.45) is 0 Å². The van der Waals surface area contributed by atoms with E-state index in [1.54, 1.807) is 0 Å². The van der Waals surface area contributed by atoms with Crippen LogP contribution in [0, 0.1) is 11.3 Å². The van der Waals surface area contributed by atoms with Gasteiger partial charge in [-0.2, -0.15) is 5.26 Å². The molecule has 1 rings (SSSR count). The van der Waals surface area contributed by atoms with Gasteiger partial charge in [0.2, 0.25) is 10.0 Å². The van der Waals surface area contributed by atoms with Crippen LogP contribution in [0.15, 0.2) is 23.2 Å². The number of nitrogens with zero attached hydrogens (tertiary/aromatic N) is 3. The van der Waals surface area contributed by atoms with Crippen LogP contribution in [0.1, 0.15) is 18.5 Å². The highest BCUT2D eigenvalue weighted by atomic mass is 32.2. The Bertz CT molecular complexity index is 605. The van der Waals surface area contributed by atoms with Crippen molar-refractivity contribution in [2.45, 2.75) is 17.7 Å². The minimum Gasteiger partial charge on any atom is -0.469 e. The number of carbonyl (C=O) groups excluding carboxylic acids is 1. The van der Waals surface area contributed by atoms with E-state index >= 15 is 0 Å². The zero-order chi connectivity index (χ0) is 15.2. The lowest BCUT2D eigenvalue weighted by Crippen LogP contribution is -2.28. The first kappa shape index (κ1) is 16.1. The van der Waals surface area contributed by atoms with Crippen molar-refractivity contribution >= 4 is 16.0 Å². The van der Waals surface area contributed by atoms with Crippen molar-refractivity contribution in [1.29, 1.82) is 5.26 Å². The Morgan fingerprint density at radius 2 is 2.20 bits per heavy atom.